The maximum absolute atomic E-state index is 13.8. The first-order chi connectivity index (χ1) is 7.54. The Bertz CT molecular complexity index is 299. The Morgan fingerprint density at radius 2 is 1.88 bits per heavy atom. The molecule has 0 spiro atoms. The normalized spacial score (nSPS) is 30.6. The van der Waals surface area contributed by atoms with Crippen molar-refractivity contribution < 1.29 is 18.7 Å². The van der Waals surface area contributed by atoms with Crippen molar-refractivity contribution in [1.29, 1.82) is 0 Å². The van der Waals surface area contributed by atoms with Crippen molar-refractivity contribution in [2.75, 3.05) is 0 Å². The average molecular weight is 262 g/mol. The third-order valence-corrected chi connectivity index (χ3v) is 8.54. The highest BCUT2D eigenvalue weighted by Crippen LogP contribution is 2.41. The number of rotatable bonds is 3. The highest BCUT2D eigenvalue weighted by Gasteiger charge is 2.45. The number of hydrogen-bond donors (Lipinski definition) is 1. The summed E-state index contributed by atoms with van der Waals surface area (Å²) < 4.78 is 19.7. The van der Waals surface area contributed by atoms with Crippen molar-refractivity contribution in [3.05, 3.63) is 0 Å². The second-order valence-electron chi connectivity index (χ2n) is 6.44. The topological polar surface area (TPSA) is 46.5 Å². The summed E-state index contributed by atoms with van der Waals surface area (Å²) in [6.45, 7) is 10.4. The third-order valence-electron chi connectivity index (χ3n) is 4.03. The fourth-order valence-corrected chi connectivity index (χ4v) is 3.18. The Hall–Kier alpha value is -0.423. The van der Waals surface area contributed by atoms with Crippen LogP contribution in [0.15, 0.2) is 0 Å². The zero-order valence-electron chi connectivity index (χ0n) is 11.3. The summed E-state index contributed by atoms with van der Waals surface area (Å²) in [5, 5.41) is 8.92. The van der Waals surface area contributed by atoms with Crippen LogP contribution in [0.5, 0.6) is 0 Å². The van der Waals surface area contributed by atoms with E-state index in [9.17, 15) is 9.18 Å². The molecule has 100 valence electrons. The van der Waals surface area contributed by atoms with Gasteiger partial charge < -0.3 is 9.53 Å². The molecule has 17 heavy (non-hydrogen) atoms. The van der Waals surface area contributed by atoms with Gasteiger partial charge in [-0.2, -0.15) is 0 Å². The minimum atomic E-state index is -2.01. The molecular formula is C12H23FO3Si. The summed E-state index contributed by atoms with van der Waals surface area (Å²) in [4.78, 5) is 10.8. The molecule has 0 amide bonds. The van der Waals surface area contributed by atoms with Gasteiger partial charge in [0.25, 0.3) is 0 Å². The summed E-state index contributed by atoms with van der Waals surface area (Å²) in [6.07, 6.45) is -1.26. The van der Waals surface area contributed by atoms with Crippen molar-refractivity contribution in [2.24, 2.45) is 5.92 Å². The van der Waals surface area contributed by atoms with E-state index in [-0.39, 0.29) is 11.5 Å². The van der Waals surface area contributed by atoms with E-state index in [1.54, 1.807) is 0 Å². The van der Waals surface area contributed by atoms with Crippen molar-refractivity contribution >= 4 is 14.3 Å². The van der Waals surface area contributed by atoms with Crippen molar-refractivity contribution in [1.82, 2.24) is 0 Å². The van der Waals surface area contributed by atoms with Gasteiger partial charge in [-0.25, -0.2) is 4.39 Å². The molecule has 3 atom stereocenters. The van der Waals surface area contributed by atoms with Gasteiger partial charge in [-0.3, -0.25) is 4.79 Å². The zero-order chi connectivity index (χ0) is 13.4. The van der Waals surface area contributed by atoms with Crippen LogP contribution in [0.25, 0.3) is 0 Å². The van der Waals surface area contributed by atoms with E-state index < -0.39 is 32.5 Å². The van der Waals surface area contributed by atoms with Crippen LogP contribution < -0.4 is 0 Å². The molecule has 5 heteroatoms. The van der Waals surface area contributed by atoms with E-state index in [1.807, 2.05) is 0 Å². The maximum Gasteiger partial charge on any atom is 0.306 e. The Kier molecular flexibility index (Phi) is 4.03. The molecule has 0 aromatic rings. The fraction of sp³-hybridized carbons (Fsp3) is 0.917. The monoisotopic (exact) mass is 262 g/mol. The van der Waals surface area contributed by atoms with E-state index in [4.69, 9.17) is 9.53 Å². The van der Waals surface area contributed by atoms with E-state index in [0.29, 0.717) is 6.42 Å². The fourth-order valence-electron chi connectivity index (χ4n) is 1.83. The molecule has 1 N–H and O–H groups in total. The Balaban J connectivity index is 2.68. The van der Waals surface area contributed by atoms with Crippen LogP contribution in [0.1, 0.15) is 33.6 Å². The number of carboxylic acids is 1. The van der Waals surface area contributed by atoms with Gasteiger partial charge in [0.2, 0.25) is 0 Å². The van der Waals surface area contributed by atoms with Gasteiger partial charge in [-0.15, -0.1) is 0 Å². The molecule has 1 aliphatic carbocycles. The lowest BCUT2D eigenvalue weighted by Crippen LogP contribution is -2.45. The summed E-state index contributed by atoms with van der Waals surface area (Å²) >= 11 is 0. The molecule has 0 saturated heterocycles. The molecule has 0 bridgehead atoms. The van der Waals surface area contributed by atoms with Gasteiger partial charge in [0.15, 0.2) is 8.32 Å². The molecule has 0 aromatic heterocycles. The molecule has 1 fully saturated rings. The van der Waals surface area contributed by atoms with Crippen LogP contribution in [0.2, 0.25) is 18.1 Å². The number of hydrogen-bond acceptors (Lipinski definition) is 2. The first kappa shape index (κ1) is 14.6. The minimum Gasteiger partial charge on any atom is -0.481 e. The Morgan fingerprint density at radius 3 is 2.24 bits per heavy atom. The molecule has 0 radical (unpaired) electrons. The molecule has 1 saturated carbocycles. The first-order valence-corrected chi connectivity index (χ1v) is 9.00. The molecule has 3 unspecified atom stereocenters. The maximum atomic E-state index is 13.8. The summed E-state index contributed by atoms with van der Waals surface area (Å²) in [7, 11) is -2.01. The van der Waals surface area contributed by atoms with Crippen molar-refractivity contribution in [3.8, 4) is 0 Å². The largest absolute Gasteiger partial charge is 0.481 e. The van der Waals surface area contributed by atoms with Crippen LogP contribution >= 0.6 is 0 Å². The summed E-state index contributed by atoms with van der Waals surface area (Å²) in [5.41, 5.74) is 0. The van der Waals surface area contributed by atoms with E-state index in [2.05, 4.69) is 33.9 Å². The zero-order valence-corrected chi connectivity index (χ0v) is 12.3. The Morgan fingerprint density at radius 1 is 1.35 bits per heavy atom. The number of carboxylic acid groups (broad SMARTS) is 1. The minimum absolute atomic E-state index is 0.0219. The number of alkyl halides is 1. The number of halogens is 1. The van der Waals surface area contributed by atoms with Gasteiger partial charge in [-0.1, -0.05) is 20.8 Å². The Labute approximate surface area is 103 Å². The lowest BCUT2D eigenvalue weighted by molar-refractivity contribution is -0.141. The van der Waals surface area contributed by atoms with E-state index >= 15 is 0 Å². The number of carbonyl (C=O) groups is 1. The molecule has 0 aromatic carbocycles. The lowest BCUT2D eigenvalue weighted by atomic mass is 10.1. The highest BCUT2D eigenvalue weighted by molar-refractivity contribution is 6.74. The molecule has 1 rings (SSSR count). The summed E-state index contributed by atoms with van der Waals surface area (Å²) in [5.74, 6) is -1.49. The highest BCUT2D eigenvalue weighted by atomic mass is 28.4. The quantitative estimate of drug-likeness (QED) is 0.794. The van der Waals surface area contributed by atoms with Gasteiger partial charge in [0, 0.05) is 0 Å². The van der Waals surface area contributed by atoms with Crippen molar-refractivity contribution in [2.45, 2.75) is 64.0 Å². The standard InChI is InChI=1S/C12H23FO3Si/c1-12(2,3)17(4,5)16-10-7-8(11(14)15)6-9(10)13/h8-10H,6-7H2,1-5H3,(H,14,15). The smallest absolute Gasteiger partial charge is 0.306 e. The molecular weight excluding hydrogens is 239 g/mol. The van der Waals surface area contributed by atoms with Crippen LogP contribution in [0.4, 0.5) is 4.39 Å². The van der Waals surface area contributed by atoms with Gasteiger partial charge in [-0.05, 0) is 31.0 Å². The van der Waals surface area contributed by atoms with Crippen LogP contribution in [0.3, 0.4) is 0 Å². The van der Waals surface area contributed by atoms with Gasteiger partial charge in [0.05, 0.1) is 12.0 Å². The van der Waals surface area contributed by atoms with Gasteiger partial charge in [0.1, 0.15) is 6.17 Å². The molecule has 0 heterocycles. The van der Waals surface area contributed by atoms with E-state index in [0.717, 1.165) is 0 Å². The molecule has 3 nitrogen and oxygen atoms in total. The average Bonchev–Trinajstić information content (AvgIpc) is 2.45. The van der Waals surface area contributed by atoms with Crippen LogP contribution in [-0.2, 0) is 9.22 Å². The molecule has 1 aliphatic rings. The van der Waals surface area contributed by atoms with Gasteiger partial charge >= 0.3 is 5.97 Å². The summed E-state index contributed by atoms with van der Waals surface area (Å²) in [6, 6.07) is 0. The second kappa shape index (κ2) is 4.69. The third kappa shape index (κ3) is 3.28. The number of aliphatic carboxylic acids is 1. The predicted octanol–water partition coefficient (Wildman–Crippen LogP) is 3.21. The predicted molar refractivity (Wildman–Crippen MR) is 67.3 cm³/mol. The first-order valence-electron chi connectivity index (χ1n) is 6.09. The van der Waals surface area contributed by atoms with Crippen molar-refractivity contribution in [3.63, 3.8) is 0 Å². The molecule has 0 aliphatic heterocycles. The second-order valence-corrected chi connectivity index (χ2v) is 11.2. The van der Waals surface area contributed by atoms with Crippen LogP contribution in [0, 0.1) is 5.92 Å². The lowest BCUT2D eigenvalue weighted by Gasteiger charge is -2.38. The van der Waals surface area contributed by atoms with E-state index in [1.165, 1.54) is 0 Å². The van der Waals surface area contributed by atoms with Crippen LogP contribution in [-0.4, -0.2) is 31.7 Å². The SMILES string of the molecule is CC(C)(C)[Si](C)(C)OC1CC(C(=O)O)CC1F.